The number of urea groups is 1. The fraction of sp³-hybridized carbons (Fsp3) is 0.375. The van der Waals surface area contributed by atoms with Crippen LogP contribution in [0.1, 0.15) is 17.3 Å². The van der Waals surface area contributed by atoms with Gasteiger partial charge in [-0.1, -0.05) is 29.8 Å². The maximum Gasteiger partial charge on any atom is 0.327 e. The molecule has 0 spiro atoms. The Kier molecular flexibility index (Phi) is 7.56. The summed E-state index contributed by atoms with van der Waals surface area (Å²) in [5, 5.41) is 9.84. The Morgan fingerprint density at radius 1 is 1.14 bits per heavy atom. The molecule has 2 heterocycles. The van der Waals surface area contributed by atoms with E-state index in [1.165, 1.54) is 23.7 Å². The molecule has 0 bridgehead atoms. The van der Waals surface area contributed by atoms with Crippen LogP contribution in [-0.2, 0) is 9.59 Å². The number of carbonyl (C=O) groups excluding carboxylic acids is 3. The number of benzene rings is 2. The van der Waals surface area contributed by atoms with Gasteiger partial charge in [0.05, 0.1) is 36.5 Å². The molecule has 0 saturated carbocycles. The van der Waals surface area contributed by atoms with Crippen molar-refractivity contribution >= 4 is 46.9 Å². The lowest BCUT2D eigenvalue weighted by Gasteiger charge is -2.50. The SMILES string of the molecule is COc1ccc(C2NC(SCC(=O)Nc3ccc(C)c(Cl)c3)C3C(=O)N(C)C(=O)N(C)C3N2)cc1. The van der Waals surface area contributed by atoms with Gasteiger partial charge in [-0.05, 0) is 42.3 Å². The Balaban J connectivity index is 1.53. The van der Waals surface area contributed by atoms with Gasteiger partial charge in [0.25, 0.3) is 0 Å². The summed E-state index contributed by atoms with van der Waals surface area (Å²) < 4.78 is 5.25. The summed E-state index contributed by atoms with van der Waals surface area (Å²) in [6.07, 6.45) is -0.874. The predicted molar refractivity (Wildman–Crippen MR) is 136 cm³/mol. The van der Waals surface area contributed by atoms with E-state index in [0.717, 1.165) is 21.8 Å². The number of ether oxygens (including phenoxy) is 1. The first kappa shape index (κ1) is 25.3. The van der Waals surface area contributed by atoms with E-state index in [9.17, 15) is 14.4 Å². The molecular formula is C24H28ClN5O4S. The van der Waals surface area contributed by atoms with E-state index in [-0.39, 0.29) is 29.8 Å². The monoisotopic (exact) mass is 517 g/mol. The van der Waals surface area contributed by atoms with Gasteiger partial charge in [-0.2, -0.15) is 0 Å². The Hall–Kier alpha value is -2.79. The lowest BCUT2D eigenvalue weighted by Crippen LogP contribution is -2.72. The molecule has 2 saturated heterocycles. The summed E-state index contributed by atoms with van der Waals surface area (Å²) in [4.78, 5) is 41.1. The van der Waals surface area contributed by atoms with Crippen molar-refractivity contribution in [3.05, 3.63) is 58.6 Å². The molecule has 4 amide bonds. The van der Waals surface area contributed by atoms with Gasteiger partial charge >= 0.3 is 6.03 Å². The largest absolute Gasteiger partial charge is 0.497 e. The molecule has 2 aliphatic rings. The second kappa shape index (κ2) is 10.4. The molecular weight excluding hydrogens is 490 g/mol. The van der Waals surface area contributed by atoms with Crippen molar-refractivity contribution in [3.8, 4) is 5.75 Å². The highest BCUT2D eigenvalue weighted by Gasteiger charge is 2.51. The molecule has 186 valence electrons. The average Bonchev–Trinajstić information content (AvgIpc) is 2.86. The molecule has 2 aromatic rings. The highest BCUT2D eigenvalue weighted by atomic mass is 35.5. The second-order valence-corrected chi connectivity index (χ2v) is 10.1. The molecule has 0 aliphatic carbocycles. The van der Waals surface area contributed by atoms with Gasteiger partial charge in [-0.15, -0.1) is 11.8 Å². The number of thioether (sulfide) groups is 1. The van der Waals surface area contributed by atoms with Crippen molar-refractivity contribution in [1.29, 1.82) is 0 Å². The summed E-state index contributed by atoms with van der Waals surface area (Å²) in [7, 11) is 4.74. The minimum atomic E-state index is -0.580. The van der Waals surface area contributed by atoms with Crippen molar-refractivity contribution in [3.63, 3.8) is 0 Å². The van der Waals surface area contributed by atoms with Crippen LogP contribution in [0.2, 0.25) is 5.02 Å². The minimum absolute atomic E-state index is 0.108. The predicted octanol–water partition coefficient (Wildman–Crippen LogP) is 3.01. The molecule has 2 fully saturated rings. The van der Waals surface area contributed by atoms with Gasteiger partial charge in [0.2, 0.25) is 11.8 Å². The minimum Gasteiger partial charge on any atom is -0.497 e. The Morgan fingerprint density at radius 3 is 2.51 bits per heavy atom. The van der Waals surface area contributed by atoms with Crippen LogP contribution in [0.25, 0.3) is 0 Å². The van der Waals surface area contributed by atoms with E-state index in [1.807, 2.05) is 37.3 Å². The number of methoxy groups -OCH3 is 1. The Bertz CT molecular complexity index is 1130. The first-order valence-corrected chi connectivity index (χ1v) is 12.5. The Morgan fingerprint density at radius 2 is 1.86 bits per heavy atom. The lowest BCUT2D eigenvalue weighted by molar-refractivity contribution is -0.140. The maximum absolute atomic E-state index is 13.1. The van der Waals surface area contributed by atoms with Crippen LogP contribution in [0.5, 0.6) is 5.75 Å². The third-order valence-corrected chi connectivity index (χ3v) is 7.88. The molecule has 2 aromatic carbocycles. The van der Waals surface area contributed by atoms with Crippen LogP contribution >= 0.6 is 23.4 Å². The van der Waals surface area contributed by atoms with Crippen LogP contribution in [0.3, 0.4) is 0 Å². The van der Waals surface area contributed by atoms with E-state index in [1.54, 1.807) is 26.3 Å². The summed E-state index contributed by atoms with van der Waals surface area (Å²) in [5.74, 6) is -0.258. The number of aryl methyl sites for hydroxylation is 1. The third kappa shape index (κ3) is 5.25. The number of anilines is 1. The number of nitrogens with one attached hydrogen (secondary N) is 3. The van der Waals surface area contributed by atoms with E-state index >= 15 is 0 Å². The van der Waals surface area contributed by atoms with Gasteiger partial charge in [-0.25, -0.2) is 4.79 Å². The van der Waals surface area contributed by atoms with Crippen molar-refractivity contribution < 1.29 is 19.1 Å². The molecule has 4 unspecified atom stereocenters. The topological polar surface area (TPSA) is 103 Å². The molecule has 11 heteroatoms. The highest BCUT2D eigenvalue weighted by Crippen LogP contribution is 2.34. The molecule has 4 rings (SSSR count). The number of carbonyl (C=O) groups is 3. The second-order valence-electron chi connectivity index (χ2n) is 8.54. The number of fused-ring (bicyclic) bond motifs is 1. The van der Waals surface area contributed by atoms with Crippen molar-refractivity contribution in [2.24, 2.45) is 5.92 Å². The number of hydrogen-bond acceptors (Lipinski definition) is 7. The highest BCUT2D eigenvalue weighted by molar-refractivity contribution is 8.00. The van der Waals surface area contributed by atoms with Gasteiger partial charge < -0.3 is 15.0 Å². The van der Waals surface area contributed by atoms with Crippen molar-refractivity contribution in [2.45, 2.75) is 24.6 Å². The molecule has 3 N–H and O–H groups in total. The van der Waals surface area contributed by atoms with E-state index in [2.05, 4.69) is 16.0 Å². The molecule has 2 aliphatic heterocycles. The molecule has 0 radical (unpaired) electrons. The van der Waals surface area contributed by atoms with Crippen molar-refractivity contribution in [2.75, 3.05) is 32.3 Å². The zero-order valence-electron chi connectivity index (χ0n) is 19.9. The summed E-state index contributed by atoms with van der Waals surface area (Å²) in [6.45, 7) is 1.89. The zero-order chi connectivity index (χ0) is 25.3. The Labute approximate surface area is 213 Å². The number of imide groups is 1. The van der Waals surface area contributed by atoms with Gasteiger partial charge in [-0.3, -0.25) is 25.1 Å². The van der Waals surface area contributed by atoms with Crippen LogP contribution in [0.15, 0.2) is 42.5 Å². The number of nitrogens with zero attached hydrogens (tertiary/aromatic N) is 2. The fourth-order valence-electron chi connectivity index (χ4n) is 4.22. The van der Waals surface area contributed by atoms with Crippen LogP contribution in [0, 0.1) is 12.8 Å². The van der Waals surface area contributed by atoms with Gasteiger partial charge in [0, 0.05) is 24.8 Å². The summed E-state index contributed by atoms with van der Waals surface area (Å²) in [5.41, 5.74) is 2.45. The first-order chi connectivity index (χ1) is 16.7. The molecule has 4 atom stereocenters. The van der Waals surface area contributed by atoms with Gasteiger partial charge in [0.15, 0.2) is 0 Å². The average molecular weight is 518 g/mol. The van der Waals surface area contributed by atoms with E-state index < -0.39 is 17.5 Å². The van der Waals surface area contributed by atoms with Crippen LogP contribution < -0.4 is 20.7 Å². The molecule has 9 nitrogen and oxygen atoms in total. The standard InChI is InChI=1S/C24H28ClN5O4S/c1-13-5-8-15(11-17(13)25)26-18(31)12-35-22-19-21(29(2)24(33)30(3)23(19)32)27-20(28-22)14-6-9-16(34-4)10-7-14/h5-11,19-22,27-28H,12H2,1-4H3,(H,26,31). The quantitative estimate of drug-likeness (QED) is 0.541. The molecule has 0 aromatic heterocycles. The van der Waals surface area contributed by atoms with Crippen LogP contribution in [-0.4, -0.2) is 66.1 Å². The van der Waals surface area contributed by atoms with Crippen LogP contribution in [0.4, 0.5) is 10.5 Å². The lowest BCUT2D eigenvalue weighted by atomic mass is 9.96. The maximum atomic E-state index is 13.1. The van der Waals surface area contributed by atoms with Crippen molar-refractivity contribution in [1.82, 2.24) is 20.4 Å². The normalized spacial score (nSPS) is 24.3. The number of rotatable bonds is 6. The number of hydrogen-bond donors (Lipinski definition) is 3. The third-order valence-electron chi connectivity index (χ3n) is 6.26. The summed E-state index contributed by atoms with van der Waals surface area (Å²) >= 11 is 7.49. The summed E-state index contributed by atoms with van der Waals surface area (Å²) in [6, 6.07) is 12.5. The van der Waals surface area contributed by atoms with Gasteiger partial charge in [0.1, 0.15) is 5.75 Å². The number of amides is 4. The number of halogens is 1. The smallest absolute Gasteiger partial charge is 0.327 e. The van der Waals surface area contributed by atoms with E-state index in [4.69, 9.17) is 16.3 Å². The van der Waals surface area contributed by atoms with E-state index in [0.29, 0.717) is 10.7 Å². The molecule has 35 heavy (non-hydrogen) atoms. The zero-order valence-corrected chi connectivity index (χ0v) is 21.4. The fourth-order valence-corrected chi connectivity index (χ4v) is 5.51. The first-order valence-electron chi connectivity index (χ1n) is 11.1.